The molecule has 134 valence electrons. The fraction of sp³-hybridized carbons (Fsp3) is 0.500. The molecule has 5 nitrogen and oxygen atoms in total. The zero-order valence-corrected chi connectivity index (χ0v) is 15.4. The smallest absolute Gasteiger partial charge is 0.136 e. The first-order chi connectivity index (χ1) is 12.2. The molecular weight excluding hydrogens is 312 g/mol. The van der Waals surface area contributed by atoms with Gasteiger partial charge in [0.2, 0.25) is 0 Å². The van der Waals surface area contributed by atoms with Crippen LogP contribution in [0.3, 0.4) is 0 Å². The fourth-order valence-corrected chi connectivity index (χ4v) is 3.28. The number of benzene rings is 1. The first kappa shape index (κ1) is 17.7. The summed E-state index contributed by atoms with van der Waals surface area (Å²) in [5.74, 6) is 2.43. The van der Waals surface area contributed by atoms with Gasteiger partial charge in [0.1, 0.15) is 17.5 Å². The molecule has 25 heavy (non-hydrogen) atoms. The minimum Gasteiger partial charge on any atom is -0.376 e. The van der Waals surface area contributed by atoms with E-state index in [-0.39, 0.29) is 0 Å². The van der Waals surface area contributed by atoms with Gasteiger partial charge in [0.15, 0.2) is 0 Å². The number of ether oxygens (including phenoxy) is 1. The highest BCUT2D eigenvalue weighted by atomic mass is 16.5. The van der Waals surface area contributed by atoms with Crippen molar-refractivity contribution < 1.29 is 4.74 Å². The number of nitrogens with zero attached hydrogens (tertiary/aromatic N) is 2. The van der Waals surface area contributed by atoms with Gasteiger partial charge in [-0.15, -0.1) is 0 Å². The third-order valence-electron chi connectivity index (χ3n) is 4.62. The maximum atomic E-state index is 5.67. The molecule has 2 heterocycles. The Balaban J connectivity index is 1.78. The number of hydrogen-bond donors (Lipinski definition) is 2. The monoisotopic (exact) mass is 340 g/mol. The summed E-state index contributed by atoms with van der Waals surface area (Å²) in [6, 6.07) is 8.45. The number of para-hydroxylation sites is 1. The first-order valence-corrected chi connectivity index (χ1v) is 9.28. The molecule has 0 bridgehead atoms. The van der Waals surface area contributed by atoms with Gasteiger partial charge in [-0.2, -0.15) is 0 Å². The van der Waals surface area contributed by atoms with Gasteiger partial charge in [0.25, 0.3) is 0 Å². The molecule has 2 aromatic rings. The molecule has 1 unspecified atom stereocenters. The predicted octanol–water partition coefficient (Wildman–Crippen LogP) is 4.24. The molecular formula is C20H28N4O. The Kier molecular flexibility index (Phi) is 5.87. The van der Waals surface area contributed by atoms with Crippen molar-refractivity contribution in [1.82, 2.24) is 9.97 Å². The second-order valence-corrected chi connectivity index (χ2v) is 6.48. The van der Waals surface area contributed by atoms with E-state index in [4.69, 9.17) is 4.74 Å². The van der Waals surface area contributed by atoms with E-state index < -0.39 is 0 Å². The second-order valence-electron chi connectivity index (χ2n) is 6.48. The topological polar surface area (TPSA) is 59.1 Å². The third-order valence-corrected chi connectivity index (χ3v) is 4.62. The van der Waals surface area contributed by atoms with Crippen LogP contribution in [0.5, 0.6) is 0 Å². The van der Waals surface area contributed by atoms with Gasteiger partial charge in [0.05, 0.1) is 6.10 Å². The standard InChI is InChI=1S/C20H28N4O/c1-4-15-8-6-9-16(5-2)20(15)24-19-12-18(22-14(3)23-19)21-13-17-10-7-11-25-17/h6,8-9,12,17H,4-5,7,10-11,13H2,1-3H3,(H2,21,22,23,24). The lowest BCUT2D eigenvalue weighted by molar-refractivity contribution is 0.120. The average Bonchev–Trinajstić information content (AvgIpc) is 3.13. The molecule has 0 amide bonds. The lowest BCUT2D eigenvalue weighted by Gasteiger charge is -2.16. The van der Waals surface area contributed by atoms with Crippen LogP contribution in [-0.4, -0.2) is 29.2 Å². The highest BCUT2D eigenvalue weighted by Gasteiger charge is 2.15. The van der Waals surface area contributed by atoms with Crippen LogP contribution in [-0.2, 0) is 17.6 Å². The summed E-state index contributed by atoms with van der Waals surface area (Å²) in [5, 5.41) is 6.92. The van der Waals surface area contributed by atoms with Crippen LogP contribution in [0.2, 0.25) is 0 Å². The first-order valence-electron chi connectivity index (χ1n) is 9.28. The summed E-state index contributed by atoms with van der Waals surface area (Å²) < 4.78 is 5.67. The summed E-state index contributed by atoms with van der Waals surface area (Å²) >= 11 is 0. The minimum atomic E-state index is 0.291. The van der Waals surface area contributed by atoms with E-state index in [0.29, 0.717) is 6.10 Å². The molecule has 0 aliphatic carbocycles. The molecule has 1 atom stereocenters. The maximum absolute atomic E-state index is 5.67. The number of hydrogen-bond acceptors (Lipinski definition) is 5. The number of aromatic nitrogens is 2. The zero-order valence-electron chi connectivity index (χ0n) is 15.4. The molecule has 0 radical (unpaired) electrons. The van der Waals surface area contributed by atoms with Gasteiger partial charge in [-0.3, -0.25) is 0 Å². The van der Waals surface area contributed by atoms with Crippen molar-refractivity contribution in [1.29, 1.82) is 0 Å². The molecule has 0 spiro atoms. The average molecular weight is 340 g/mol. The van der Waals surface area contributed by atoms with Crippen molar-refractivity contribution in [3.63, 3.8) is 0 Å². The molecule has 1 aliphatic heterocycles. The van der Waals surface area contributed by atoms with Crippen LogP contribution in [0.25, 0.3) is 0 Å². The van der Waals surface area contributed by atoms with Crippen molar-refractivity contribution in [3.05, 3.63) is 41.2 Å². The van der Waals surface area contributed by atoms with E-state index in [0.717, 1.165) is 56.3 Å². The van der Waals surface area contributed by atoms with Crippen molar-refractivity contribution in [2.24, 2.45) is 0 Å². The zero-order chi connectivity index (χ0) is 17.6. The normalized spacial score (nSPS) is 16.8. The highest BCUT2D eigenvalue weighted by Crippen LogP contribution is 2.26. The highest BCUT2D eigenvalue weighted by molar-refractivity contribution is 5.66. The Morgan fingerprint density at radius 3 is 2.48 bits per heavy atom. The number of rotatable bonds is 7. The molecule has 1 saturated heterocycles. The number of nitrogens with one attached hydrogen (secondary N) is 2. The van der Waals surface area contributed by atoms with Crippen molar-refractivity contribution in [3.8, 4) is 0 Å². The van der Waals surface area contributed by atoms with E-state index >= 15 is 0 Å². The molecule has 1 fully saturated rings. The van der Waals surface area contributed by atoms with E-state index in [9.17, 15) is 0 Å². The summed E-state index contributed by atoms with van der Waals surface area (Å²) in [4.78, 5) is 9.07. The summed E-state index contributed by atoms with van der Waals surface area (Å²) in [7, 11) is 0. The van der Waals surface area contributed by atoms with E-state index in [1.807, 2.05) is 13.0 Å². The van der Waals surface area contributed by atoms with Gasteiger partial charge in [-0.25, -0.2) is 9.97 Å². The summed E-state index contributed by atoms with van der Waals surface area (Å²) in [5.41, 5.74) is 3.80. The van der Waals surface area contributed by atoms with Crippen LogP contribution in [0.1, 0.15) is 43.6 Å². The lowest BCUT2D eigenvalue weighted by Crippen LogP contribution is -2.19. The van der Waals surface area contributed by atoms with Gasteiger partial charge in [-0.1, -0.05) is 32.0 Å². The molecule has 1 aromatic carbocycles. The Morgan fingerprint density at radius 2 is 1.84 bits per heavy atom. The van der Waals surface area contributed by atoms with Crippen LogP contribution in [0, 0.1) is 6.92 Å². The summed E-state index contributed by atoms with van der Waals surface area (Å²) in [6.07, 6.45) is 4.54. The third kappa shape index (κ3) is 4.48. The molecule has 0 saturated carbocycles. The SMILES string of the molecule is CCc1cccc(CC)c1Nc1cc(NCC2CCCO2)nc(C)n1. The van der Waals surface area contributed by atoms with Gasteiger partial charge in [-0.05, 0) is 43.7 Å². The van der Waals surface area contributed by atoms with Gasteiger partial charge in [0, 0.05) is 24.9 Å². The summed E-state index contributed by atoms with van der Waals surface area (Å²) in [6.45, 7) is 7.95. The Bertz CT molecular complexity index is 689. The lowest BCUT2D eigenvalue weighted by atomic mass is 10.0. The maximum Gasteiger partial charge on any atom is 0.136 e. The van der Waals surface area contributed by atoms with Crippen LogP contribution < -0.4 is 10.6 Å². The largest absolute Gasteiger partial charge is 0.376 e. The molecule has 1 aromatic heterocycles. The molecule has 5 heteroatoms. The molecule has 1 aliphatic rings. The quantitative estimate of drug-likeness (QED) is 0.789. The van der Waals surface area contributed by atoms with Gasteiger partial charge < -0.3 is 15.4 Å². The van der Waals surface area contributed by atoms with E-state index in [2.05, 4.69) is 52.6 Å². The van der Waals surface area contributed by atoms with Crippen LogP contribution in [0.4, 0.5) is 17.3 Å². The minimum absolute atomic E-state index is 0.291. The van der Waals surface area contributed by atoms with Crippen molar-refractivity contribution in [2.75, 3.05) is 23.8 Å². The molecule has 2 N–H and O–H groups in total. The van der Waals surface area contributed by atoms with E-state index in [1.165, 1.54) is 16.8 Å². The second kappa shape index (κ2) is 8.30. The Hall–Kier alpha value is -2.14. The Labute approximate surface area is 150 Å². The Morgan fingerprint density at radius 1 is 1.12 bits per heavy atom. The predicted molar refractivity (Wildman–Crippen MR) is 103 cm³/mol. The van der Waals surface area contributed by atoms with Crippen molar-refractivity contribution in [2.45, 2.75) is 52.6 Å². The molecule has 3 rings (SSSR count). The van der Waals surface area contributed by atoms with Crippen LogP contribution >= 0.6 is 0 Å². The van der Waals surface area contributed by atoms with Crippen molar-refractivity contribution >= 4 is 17.3 Å². The van der Waals surface area contributed by atoms with Gasteiger partial charge >= 0.3 is 0 Å². The van der Waals surface area contributed by atoms with Crippen LogP contribution in [0.15, 0.2) is 24.3 Å². The number of aryl methyl sites for hydroxylation is 3. The van der Waals surface area contributed by atoms with E-state index in [1.54, 1.807) is 0 Å². The fourth-order valence-electron chi connectivity index (χ4n) is 3.28. The number of anilines is 3.